The lowest BCUT2D eigenvalue weighted by Gasteiger charge is -2.42. The predicted molar refractivity (Wildman–Crippen MR) is 63.9 cm³/mol. The van der Waals surface area contributed by atoms with Crippen LogP contribution in [-0.4, -0.2) is 43.3 Å². The fourth-order valence-corrected chi connectivity index (χ4v) is 2.51. The first-order chi connectivity index (χ1) is 7.16. The highest BCUT2D eigenvalue weighted by Crippen LogP contribution is 2.29. The van der Waals surface area contributed by atoms with Crippen LogP contribution in [0.15, 0.2) is 0 Å². The Morgan fingerprint density at radius 2 is 2.20 bits per heavy atom. The summed E-state index contributed by atoms with van der Waals surface area (Å²) in [6, 6.07) is 0. The van der Waals surface area contributed by atoms with Crippen molar-refractivity contribution in [1.29, 1.82) is 0 Å². The molecule has 1 aliphatic rings. The van der Waals surface area contributed by atoms with Gasteiger partial charge in [0, 0.05) is 25.6 Å². The predicted octanol–water partition coefficient (Wildman–Crippen LogP) is 1.47. The van der Waals surface area contributed by atoms with Crippen molar-refractivity contribution in [2.45, 2.75) is 39.2 Å². The fourth-order valence-electron chi connectivity index (χ4n) is 2.51. The van der Waals surface area contributed by atoms with Crippen LogP contribution in [0.1, 0.15) is 33.6 Å². The molecule has 0 spiro atoms. The summed E-state index contributed by atoms with van der Waals surface area (Å²) < 4.78 is 5.86. The largest absolute Gasteiger partial charge is 0.374 e. The zero-order valence-corrected chi connectivity index (χ0v) is 10.5. The van der Waals surface area contributed by atoms with E-state index in [1.807, 2.05) is 6.92 Å². The van der Waals surface area contributed by atoms with Crippen molar-refractivity contribution in [3.63, 3.8) is 0 Å². The van der Waals surface area contributed by atoms with Crippen LogP contribution < -0.4 is 5.73 Å². The molecule has 2 atom stereocenters. The third-order valence-corrected chi connectivity index (χ3v) is 3.70. The zero-order valence-electron chi connectivity index (χ0n) is 10.5. The Bertz CT molecular complexity index is 186. The molecule has 0 aromatic rings. The molecular weight excluding hydrogens is 188 g/mol. The normalized spacial score (nSPS) is 27.6. The van der Waals surface area contributed by atoms with E-state index in [1.54, 1.807) is 0 Å². The number of piperidine rings is 1. The highest BCUT2D eigenvalue weighted by molar-refractivity contribution is 4.89. The van der Waals surface area contributed by atoms with Gasteiger partial charge in [0.15, 0.2) is 0 Å². The molecule has 0 aromatic carbocycles. The molecule has 3 heteroatoms. The van der Waals surface area contributed by atoms with Gasteiger partial charge >= 0.3 is 0 Å². The Kier molecular flexibility index (Phi) is 5.03. The SMILES string of the molecule is CCOC(C)(CN)C1CCCN(CC)C1. The monoisotopic (exact) mass is 214 g/mol. The van der Waals surface area contributed by atoms with Gasteiger partial charge < -0.3 is 15.4 Å². The van der Waals surface area contributed by atoms with Crippen LogP contribution in [0.2, 0.25) is 0 Å². The molecule has 3 nitrogen and oxygen atoms in total. The van der Waals surface area contributed by atoms with Crippen LogP contribution >= 0.6 is 0 Å². The number of likely N-dealkylation sites (tertiary alicyclic amines) is 1. The topological polar surface area (TPSA) is 38.5 Å². The number of rotatable bonds is 5. The third-order valence-electron chi connectivity index (χ3n) is 3.70. The Morgan fingerprint density at radius 1 is 1.47 bits per heavy atom. The maximum atomic E-state index is 5.87. The Labute approximate surface area is 94.0 Å². The summed E-state index contributed by atoms with van der Waals surface area (Å²) in [5.74, 6) is 0.594. The van der Waals surface area contributed by atoms with Crippen LogP contribution in [0.4, 0.5) is 0 Å². The van der Waals surface area contributed by atoms with Gasteiger partial charge in [0.25, 0.3) is 0 Å². The van der Waals surface area contributed by atoms with Crippen LogP contribution in [0.25, 0.3) is 0 Å². The minimum atomic E-state index is -0.122. The van der Waals surface area contributed by atoms with E-state index in [1.165, 1.54) is 19.4 Å². The molecule has 2 N–H and O–H groups in total. The van der Waals surface area contributed by atoms with Gasteiger partial charge in [-0.05, 0) is 39.8 Å². The maximum Gasteiger partial charge on any atom is 0.0816 e. The average Bonchev–Trinajstić information content (AvgIpc) is 2.29. The fraction of sp³-hybridized carbons (Fsp3) is 1.00. The molecular formula is C12H26N2O. The van der Waals surface area contributed by atoms with Crippen molar-refractivity contribution in [3.05, 3.63) is 0 Å². The van der Waals surface area contributed by atoms with Crippen molar-refractivity contribution < 1.29 is 4.74 Å². The molecule has 0 bridgehead atoms. The molecule has 0 aromatic heterocycles. The molecule has 1 fully saturated rings. The highest BCUT2D eigenvalue weighted by atomic mass is 16.5. The summed E-state index contributed by atoms with van der Waals surface area (Å²) >= 11 is 0. The van der Waals surface area contributed by atoms with E-state index in [0.29, 0.717) is 12.5 Å². The van der Waals surface area contributed by atoms with Crippen LogP contribution in [-0.2, 0) is 4.74 Å². The minimum Gasteiger partial charge on any atom is -0.374 e. The van der Waals surface area contributed by atoms with Crippen molar-refractivity contribution in [2.24, 2.45) is 11.7 Å². The molecule has 1 aliphatic heterocycles. The first-order valence-electron chi connectivity index (χ1n) is 6.22. The molecule has 15 heavy (non-hydrogen) atoms. The van der Waals surface area contributed by atoms with E-state index in [-0.39, 0.29) is 5.60 Å². The van der Waals surface area contributed by atoms with E-state index in [4.69, 9.17) is 10.5 Å². The average molecular weight is 214 g/mol. The van der Waals surface area contributed by atoms with E-state index in [9.17, 15) is 0 Å². The van der Waals surface area contributed by atoms with Gasteiger partial charge in [0.05, 0.1) is 5.60 Å². The molecule has 1 saturated heterocycles. The lowest BCUT2D eigenvalue weighted by Crippen LogP contribution is -2.51. The highest BCUT2D eigenvalue weighted by Gasteiger charge is 2.36. The molecule has 0 saturated carbocycles. The maximum absolute atomic E-state index is 5.87. The second-order valence-electron chi connectivity index (χ2n) is 4.68. The van der Waals surface area contributed by atoms with Gasteiger partial charge in [0.1, 0.15) is 0 Å². The lowest BCUT2D eigenvalue weighted by molar-refractivity contribution is -0.0803. The summed E-state index contributed by atoms with van der Waals surface area (Å²) in [5.41, 5.74) is 5.74. The number of ether oxygens (including phenoxy) is 1. The van der Waals surface area contributed by atoms with Crippen molar-refractivity contribution in [2.75, 3.05) is 32.8 Å². The van der Waals surface area contributed by atoms with E-state index in [0.717, 1.165) is 19.7 Å². The van der Waals surface area contributed by atoms with Gasteiger partial charge in [-0.1, -0.05) is 6.92 Å². The molecule has 2 unspecified atom stereocenters. The second-order valence-corrected chi connectivity index (χ2v) is 4.68. The van der Waals surface area contributed by atoms with Crippen molar-refractivity contribution in [3.8, 4) is 0 Å². The molecule has 1 heterocycles. The summed E-state index contributed by atoms with van der Waals surface area (Å²) in [5, 5.41) is 0. The first kappa shape index (κ1) is 12.9. The number of nitrogens with two attached hydrogens (primary N) is 1. The van der Waals surface area contributed by atoms with Gasteiger partial charge in [0.2, 0.25) is 0 Å². The zero-order chi connectivity index (χ0) is 11.3. The van der Waals surface area contributed by atoms with Gasteiger partial charge in [-0.3, -0.25) is 0 Å². The van der Waals surface area contributed by atoms with Crippen LogP contribution in [0.5, 0.6) is 0 Å². The third kappa shape index (κ3) is 3.16. The van der Waals surface area contributed by atoms with Crippen LogP contribution in [0, 0.1) is 5.92 Å². The molecule has 1 rings (SSSR count). The number of hydrogen-bond acceptors (Lipinski definition) is 3. The first-order valence-corrected chi connectivity index (χ1v) is 6.22. The number of nitrogens with zero attached hydrogens (tertiary/aromatic N) is 1. The van der Waals surface area contributed by atoms with Gasteiger partial charge in [-0.25, -0.2) is 0 Å². The Balaban J connectivity index is 2.58. The smallest absolute Gasteiger partial charge is 0.0816 e. The van der Waals surface area contributed by atoms with Crippen LogP contribution in [0.3, 0.4) is 0 Å². The Morgan fingerprint density at radius 3 is 2.73 bits per heavy atom. The van der Waals surface area contributed by atoms with E-state index < -0.39 is 0 Å². The summed E-state index contributed by atoms with van der Waals surface area (Å²) in [7, 11) is 0. The summed E-state index contributed by atoms with van der Waals surface area (Å²) in [6.45, 7) is 11.4. The van der Waals surface area contributed by atoms with E-state index >= 15 is 0 Å². The standard InChI is InChI=1S/C12H26N2O/c1-4-14-8-6-7-11(9-14)12(3,10-13)15-5-2/h11H,4-10,13H2,1-3H3. The minimum absolute atomic E-state index is 0.122. The quantitative estimate of drug-likeness (QED) is 0.753. The second kappa shape index (κ2) is 5.83. The van der Waals surface area contributed by atoms with Gasteiger partial charge in [-0.2, -0.15) is 0 Å². The van der Waals surface area contributed by atoms with Crippen molar-refractivity contribution >= 4 is 0 Å². The van der Waals surface area contributed by atoms with E-state index in [2.05, 4.69) is 18.7 Å². The number of hydrogen-bond donors (Lipinski definition) is 1. The molecule has 0 amide bonds. The lowest BCUT2D eigenvalue weighted by atomic mass is 9.82. The molecule has 0 aliphatic carbocycles. The Hall–Kier alpha value is -0.120. The summed E-state index contributed by atoms with van der Waals surface area (Å²) in [6.07, 6.45) is 2.53. The van der Waals surface area contributed by atoms with Crippen molar-refractivity contribution in [1.82, 2.24) is 4.90 Å². The van der Waals surface area contributed by atoms with Gasteiger partial charge in [-0.15, -0.1) is 0 Å². The molecule has 90 valence electrons. The summed E-state index contributed by atoms with van der Waals surface area (Å²) in [4.78, 5) is 2.50. The molecule has 0 radical (unpaired) electrons.